The van der Waals surface area contributed by atoms with Crippen molar-refractivity contribution in [1.29, 1.82) is 0 Å². The number of carbonyl (C=O) groups excluding carboxylic acids is 1. The van der Waals surface area contributed by atoms with E-state index >= 15 is 0 Å². The van der Waals surface area contributed by atoms with Gasteiger partial charge in [-0.3, -0.25) is 4.79 Å². The molecule has 12 heavy (non-hydrogen) atoms. The summed E-state index contributed by atoms with van der Waals surface area (Å²) in [6, 6.07) is -0.405. The molecule has 0 heterocycles. The molecule has 3 heteroatoms. The van der Waals surface area contributed by atoms with E-state index in [-0.39, 0.29) is 11.3 Å². The molecule has 1 unspecified atom stereocenters. The molecule has 1 atom stereocenters. The predicted molar refractivity (Wildman–Crippen MR) is 50.7 cm³/mol. The molecule has 0 aromatic carbocycles. The maximum atomic E-state index is 11.1. The van der Waals surface area contributed by atoms with Gasteiger partial charge in [0.25, 0.3) is 0 Å². The van der Waals surface area contributed by atoms with Crippen LogP contribution >= 0.6 is 0 Å². The Hall–Kier alpha value is -0.570. The van der Waals surface area contributed by atoms with E-state index < -0.39 is 6.04 Å². The van der Waals surface area contributed by atoms with Crippen LogP contribution in [0.15, 0.2) is 0 Å². The Morgan fingerprint density at radius 2 is 2.08 bits per heavy atom. The molecule has 3 nitrogen and oxygen atoms in total. The van der Waals surface area contributed by atoms with Gasteiger partial charge in [-0.05, 0) is 18.8 Å². The van der Waals surface area contributed by atoms with Crippen LogP contribution in [0.1, 0.15) is 34.1 Å². The highest BCUT2D eigenvalue weighted by molar-refractivity contribution is 5.80. The van der Waals surface area contributed by atoms with E-state index in [4.69, 9.17) is 5.73 Å². The van der Waals surface area contributed by atoms with Gasteiger partial charge in [0.2, 0.25) is 5.91 Å². The number of nitrogens with one attached hydrogen (secondary N) is 1. The molecule has 1 amide bonds. The smallest absolute Gasteiger partial charge is 0.236 e. The third-order valence-electron chi connectivity index (χ3n) is 2.11. The first-order chi connectivity index (χ1) is 5.39. The quantitative estimate of drug-likeness (QED) is 0.661. The van der Waals surface area contributed by atoms with Gasteiger partial charge in [0.05, 0.1) is 6.04 Å². The molecule has 0 saturated heterocycles. The first-order valence-corrected chi connectivity index (χ1v) is 4.42. The molecular formula is C9H20N2O. The summed E-state index contributed by atoms with van der Waals surface area (Å²) in [7, 11) is 0. The first-order valence-electron chi connectivity index (χ1n) is 4.42. The molecule has 0 aromatic heterocycles. The number of rotatable bonds is 4. The number of nitrogens with two attached hydrogens (primary N) is 1. The standard InChI is InChI=1S/C9H20N2O/c1-5-9(3,4)6-11-8(12)7(2)10/h7H,5-6,10H2,1-4H3,(H,11,12). The van der Waals surface area contributed by atoms with Crippen molar-refractivity contribution in [2.75, 3.05) is 6.54 Å². The second-order valence-electron chi connectivity index (χ2n) is 4.02. The van der Waals surface area contributed by atoms with Gasteiger partial charge in [-0.25, -0.2) is 0 Å². The van der Waals surface area contributed by atoms with Crippen LogP contribution in [0.4, 0.5) is 0 Å². The third kappa shape index (κ3) is 4.34. The van der Waals surface area contributed by atoms with Gasteiger partial charge in [-0.1, -0.05) is 20.8 Å². The molecule has 0 rings (SSSR count). The second-order valence-corrected chi connectivity index (χ2v) is 4.02. The molecule has 0 aliphatic carbocycles. The number of carbonyl (C=O) groups is 1. The zero-order chi connectivity index (χ0) is 9.78. The first kappa shape index (κ1) is 11.4. The van der Waals surface area contributed by atoms with Gasteiger partial charge in [-0.2, -0.15) is 0 Å². The maximum absolute atomic E-state index is 11.1. The fourth-order valence-electron chi connectivity index (χ4n) is 0.612. The Balaban J connectivity index is 3.76. The average Bonchev–Trinajstić information content (AvgIpc) is 2.00. The van der Waals surface area contributed by atoms with Crippen LogP contribution in [-0.4, -0.2) is 18.5 Å². The van der Waals surface area contributed by atoms with Crippen LogP contribution in [0.25, 0.3) is 0 Å². The Bertz CT molecular complexity index is 153. The summed E-state index contributed by atoms with van der Waals surface area (Å²) in [5.41, 5.74) is 5.57. The van der Waals surface area contributed by atoms with E-state index in [1.54, 1.807) is 6.92 Å². The highest BCUT2D eigenvalue weighted by Crippen LogP contribution is 2.17. The van der Waals surface area contributed by atoms with Crippen LogP contribution in [0, 0.1) is 5.41 Å². The largest absolute Gasteiger partial charge is 0.354 e. The highest BCUT2D eigenvalue weighted by atomic mass is 16.2. The van der Waals surface area contributed by atoms with Crippen LogP contribution in [0.3, 0.4) is 0 Å². The molecule has 0 bridgehead atoms. The van der Waals surface area contributed by atoms with E-state index in [1.807, 2.05) is 0 Å². The summed E-state index contributed by atoms with van der Waals surface area (Å²) in [6.45, 7) is 8.74. The van der Waals surface area contributed by atoms with Crippen molar-refractivity contribution in [2.45, 2.75) is 40.2 Å². The topological polar surface area (TPSA) is 55.1 Å². The van der Waals surface area contributed by atoms with Crippen molar-refractivity contribution in [3.8, 4) is 0 Å². The van der Waals surface area contributed by atoms with Crippen molar-refractivity contribution >= 4 is 5.91 Å². The lowest BCUT2D eigenvalue weighted by atomic mass is 9.90. The molecule has 72 valence electrons. The Morgan fingerprint density at radius 1 is 1.58 bits per heavy atom. The minimum Gasteiger partial charge on any atom is -0.354 e. The van der Waals surface area contributed by atoms with Crippen molar-refractivity contribution in [3.05, 3.63) is 0 Å². The zero-order valence-corrected chi connectivity index (χ0v) is 8.48. The lowest BCUT2D eigenvalue weighted by molar-refractivity contribution is -0.122. The lowest BCUT2D eigenvalue weighted by Crippen LogP contribution is -2.42. The second kappa shape index (κ2) is 4.45. The third-order valence-corrected chi connectivity index (χ3v) is 2.11. The summed E-state index contributed by atoms with van der Waals surface area (Å²) in [4.78, 5) is 11.1. The molecule has 0 aliphatic heterocycles. The molecule has 3 N–H and O–H groups in total. The summed E-state index contributed by atoms with van der Waals surface area (Å²) < 4.78 is 0. The highest BCUT2D eigenvalue weighted by Gasteiger charge is 2.16. The van der Waals surface area contributed by atoms with Crippen molar-refractivity contribution in [1.82, 2.24) is 5.32 Å². The fraction of sp³-hybridized carbons (Fsp3) is 0.889. The molecule has 0 aliphatic rings. The van der Waals surface area contributed by atoms with Gasteiger partial charge in [-0.15, -0.1) is 0 Å². The van der Waals surface area contributed by atoms with Crippen molar-refractivity contribution in [3.63, 3.8) is 0 Å². The molecule has 0 spiro atoms. The normalized spacial score (nSPS) is 14.1. The van der Waals surface area contributed by atoms with Crippen molar-refractivity contribution in [2.24, 2.45) is 11.1 Å². The number of hydrogen-bond donors (Lipinski definition) is 2. The SMILES string of the molecule is CCC(C)(C)CNC(=O)C(C)N. The van der Waals surface area contributed by atoms with Gasteiger partial charge in [0.1, 0.15) is 0 Å². The summed E-state index contributed by atoms with van der Waals surface area (Å²) in [5, 5.41) is 2.81. The van der Waals surface area contributed by atoms with Gasteiger partial charge in [0, 0.05) is 6.54 Å². The monoisotopic (exact) mass is 172 g/mol. The Kier molecular flexibility index (Phi) is 4.24. The molecule has 0 aromatic rings. The summed E-state index contributed by atoms with van der Waals surface area (Å²) in [5.74, 6) is -0.0727. The van der Waals surface area contributed by atoms with Crippen molar-refractivity contribution < 1.29 is 4.79 Å². The predicted octanol–water partition coefficient (Wildman–Crippen LogP) is 0.886. The van der Waals surface area contributed by atoms with Crippen LogP contribution in [0.5, 0.6) is 0 Å². The fourth-order valence-corrected chi connectivity index (χ4v) is 0.612. The molecule has 0 fully saturated rings. The minimum absolute atomic E-state index is 0.0727. The van der Waals surface area contributed by atoms with E-state index in [2.05, 4.69) is 26.1 Å². The average molecular weight is 172 g/mol. The van der Waals surface area contributed by atoms with Crippen LogP contribution in [0.2, 0.25) is 0 Å². The van der Waals surface area contributed by atoms with Crippen LogP contribution < -0.4 is 11.1 Å². The summed E-state index contributed by atoms with van der Waals surface area (Å²) >= 11 is 0. The Morgan fingerprint density at radius 3 is 2.42 bits per heavy atom. The maximum Gasteiger partial charge on any atom is 0.236 e. The number of amides is 1. The van der Waals surface area contributed by atoms with E-state index in [9.17, 15) is 4.79 Å². The Labute approximate surface area is 74.7 Å². The molecule has 0 radical (unpaired) electrons. The van der Waals surface area contributed by atoms with Gasteiger partial charge >= 0.3 is 0 Å². The summed E-state index contributed by atoms with van der Waals surface area (Å²) in [6.07, 6.45) is 1.05. The van der Waals surface area contributed by atoms with Gasteiger partial charge in [0.15, 0.2) is 0 Å². The minimum atomic E-state index is -0.405. The number of hydrogen-bond acceptors (Lipinski definition) is 2. The zero-order valence-electron chi connectivity index (χ0n) is 8.48. The van der Waals surface area contributed by atoms with E-state index in [0.29, 0.717) is 6.54 Å². The lowest BCUT2D eigenvalue weighted by Gasteiger charge is -2.23. The molecule has 0 saturated carbocycles. The van der Waals surface area contributed by atoms with E-state index in [1.165, 1.54) is 0 Å². The van der Waals surface area contributed by atoms with Gasteiger partial charge < -0.3 is 11.1 Å². The van der Waals surface area contributed by atoms with E-state index in [0.717, 1.165) is 6.42 Å². The van der Waals surface area contributed by atoms with Crippen LogP contribution in [-0.2, 0) is 4.79 Å². The molecular weight excluding hydrogens is 152 g/mol.